The molecule has 1 N–H and O–H groups in total. The van der Waals surface area contributed by atoms with Crippen LogP contribution in [-0.2, 0) is 6.54 Å². The summed E-state index contributed by atoms with van der Waals surface area (Å²) in [5, 5.41) is 7.89. The zero-order chi connectivity index (χ0) is 15.8. The van der Waals surface area contributed by atoms with Gasteiger partial charge in [0.05, 0.1) is 0 Å². The lowest BCUT2D eigenvalue weighted by Gasteiger charge is -2.05. The summed E-state index contributed by atoms with van der Waals surface area (Å²) in [6.07, 6.45) is 5.43. The van der Waals surface area contributed by atoms with Gasteiger partial charge in [-0.3, -0.25) is 4.79 Å². The summed E-state index contributed by atoms with van der Waals surface area (Å²) in [5.41, 5.74) is 2.30. The van der Waals surface area contributed by atoms with Crippen LogP contribution in [0, 0.1) is 0 Å². The number of nitrogens with one attached hydrogen (secondary N) is 1. The van der Waals surface area contributed by atoms with E-state index in [9.17, 15) is 4.79 Å². The number of fused-ring (bicyclic) bond motifs is 1. The monoisotopic (exact) mass is 309 g/mol. The van der Waals surface area contributed by atoms with Crippen LogP contribution in [0.3, 0.4) is 0 Å². The second kappa shape index (κ2) is 5.57. The number of aryl methyl sites for hydroxylation is 1. The number of nitrogens with zero attached hydrogens (tertiary/aromatic N) is 2. The van der Waals surface area contributed by atoms with Crippen molar-refractivity contribution in [3.63, 3.8) is 0 Å². The molecule has 23 heavy (non-hydrogen) atoms. The lowest BCUT2D eigenvalue weighted by atomic mass is 10.2. The molecule has 2 heterocycles. The Bertz CT molecular complexity index is 858. The van der Waals surface area contributed by atoms with Gasteiger partial charge in [0.25, 0.3) is 5.91 Å². The van der Waals surface area contributed by atoms with Crippen LogP contribution in [0.4, 0.5) is 5.69 Å². The molecule has 1 fully saturated rings. The number of rotatable bonds is 5. The Balaban J connectivity index is 1.53. The molecular weight excluding hydrogens is 290 g/mol. The molecule has 0 atom stereocenters. The van der Waals surface area contributed by atoms with Gasteiger partial charge in [0.1, 0.15) is 5.76 Å². The fourth-order valence-corrected chi connectivity index (χ4v) is 2.87. The highest BCUT2D eigenvalue weighted by Crippen LogP contribution is 2.40. The van der Waals surface area contributed by atoms with Gasteiger partial charge in [-0.2, -0.15) is 0 Å². The van der Waals surface area contributed by atoms with Gasteiger partial charge < -0.3 is 14.4 Å². The maximum atomic E-state index is 12.3. The van der Waals surface area contributed by atoms with Gasteiger partial charge in [0.2, 0.25) is 0 Å². The van der Waals surface area contributed by atoms with Crippen LogP contribution in [0.1, 0.15) is 48.4 Å². The van der Waals surface area contributed by atoms with E-state index in [1.165, 1.54) is 5.52 Å². The normalized spacial score (nSPS) is 14.3. The van der Waals surface area contributed by atoms with Crippen molar-refractivity contribution in [3.8, 4) is 0 Å². The molecule has 1 saturated carbocycles. The molecule has 5 nitrogen and oxygen atoms in total. The van der Waals surface area contributed by atoms with Crippen molar-refractivity contribution < 1.29 is 9.32 Å². The van der Waals surface area contributed by atoms with E-state index in [4.69, 9.17) is 4.52 Å². The van der Waals surface area contributed by atoms with Crippen molar-refractivity contribution in [2.45, 2.75) is 38.6 Å². The first-order valence-electron chi connectivity index (χ1n) is 8.11. The van der Waals surface area contributed by atoms with Crippen molar-refractivity contribution in [2.75, 3.05) is 5.32 Å². The predicted molar refractivity (Wildman–Crippen MR) is 88.7 cm³/mol. The van der Waals surface area contributed by atoms with Crippen LogP contribution in [0.5, 0.6) is 0 Å². The van der Waals surface area contributed by atoms with Gasteiger partial charge in [-0.15, -0.1) is 0 Å². The highest BCUT2D eigenvalue weighted by molar-refractivity contribution is 6.03. The minimum Gasteiger partial charge on any atom is -0.360 e. The van der Waals surface area contributed by atoms with E-state index in [1.807, 2.05) is 18.2 Å². The summed E-state index contributed by atoms with van der Waals surface area (Å²) >= 11 is 0. The van der Waals surface area contributed by atoms with Crippen LogP contribution in [0.15, 0.2) is 41.1 Å². The molecule has 0 unspecified atom stereocenters. The third-order valence-electron chi connectivity index (χ3n) is 4.23. The summed E-state index contributed by atoms with van der Waals surface area (Å²) in [6.45, 7) is 3.16. The molecule has 1 aliphatic rings. The van der Waals surface area contributed by atoms with Crippen molar-refractivity contribution in [2.24, 2.45) is 0 Å². The molecule has 0 spiro atoms. The van der Waals surface area contributed by atoms with Crippen LogP contribution in [-0.4, -0.2) is 15.6 Å². The summed E-state index contributed by atoms with van der Waals surface area (Å²) in [4.78, 5) is 12.3. The Hall–Kier alpha value is -2.56. The third-order valence-corrected chi connectivity index (χ3v) is 4.23. The van der Waals surface area contributed by atoms with Gasteiger partial charge in [0.15, 0.2) is 5.69 Å². The number of carbonyl (C=O) groups excluding carboxylic acids is 1. The molecule has 3 aromatic rings. The van der Waals surface area contributed by atoms with Crippen molar-refractivity contribution in [1.29, 1.82) is 0 Å². The van der Waals surface area contributed by atoms with E-state index in [0.717, 1.165) is 42.6 Å². The Morgan fingerprint density at radius 3 is 3.00 bits per heavy atom. The molecule has 0 saturated heterocycles. The zero-order valence-corrected chi connectivity index (χ0v) is 13.1. The average Bonchev–Trinajstić information content (AvgIpc) is 3.15. The van der Waals surface area contributed by atoms with Crippen molar-refractivity contribution >= 4 is 22.5 Å². The average molecular weight is 309 g/mol. The minimum absolute atomic E-state index is 0.229. The number of anilines is 1. The van der Waals surface area contributed by atoms with Crippen molar-refractivity contribution in [3.05, 3.63) is 48.0 Å². The van der Waals surface area contributed by atoms with E-state index < -0.39 is 0 Å². The third kappa shape index (κ3) is 2.74. The van der Waals surface area contributed by atoms with Gasteiger partial charge in [0, 0.05) is 41.3 Å². The van der Waals surface area contributed by atoms with E-state index in [2.05, 4.69) is 34.2 Å². The molecular formula is C18H19N3O2. The number of benzene rings is 1. The summed E-state index contributed by atoms with van der Waals surface area (Å²) in [5.74, 6) is 1.05. The van der Waals surface area contributed by atoms with Gasteiger partial charge in [-0.05, 0) is 43.5 Å². The Morgan fingerprint density at radius 2 is 2.22 bits per heavy atom. The van der Waals surface area contributed by atoms with Gasteiger partial charge in [-0.25, -0.2) is 0 Å². The lowest BCUT2D eigenvalue weighted by molar-refractivity contribution is 0.101. The highest BCUT2D eigenvalue weighted by atomic mass is 16.5. The fourth-order valence-electron chi connectivity index (χ4n) is 2.87. The number of hydrogen-bond acceptors (Lipinski definition) is 3. The number of hydrogen-bond donors (Lipinski definition) is 1. The van der Waals surface area contributed by atoms with Crippen LogP contribution >= 0.6 is 0 Å². The molecule has 0 aliphatic heterocycles. The highest BCUT2D eigenvalue weighted by Gasteiger charge is 2.28. The zero-order valence-electron chi connectivity index (χ0n) is 13.1. The standard InChI is InChI=1S/C18H19N3O2/c1-2-8-21-9-7-13-10-14(5-6-16(13)21)19-18(22)15-11-17(23-20-15)12-3-4-12/h5-7,9-12H,2-4,8H2,1H3,(H,19,22). The first-order valence-corrected chi connectivity index (χ1v) is 8.11. The van der Waals surface area contributed by atoms with E-state index in [1.54, 1.807) is 6.07 Å². The summed E-state index contributed by atoms with van der Waals surface area (Å²) in [7, 11) is 0. The number of carbonyl (C=O) groups is 1. The molecule has 1 amide bonds. The number of aromatic nitrogens is 2. The van der Waals surface area contributed by atoms with Gasteiger partial charge >= 0.3 is 0 Å². The molecule has 1 aliphatic carbocycles. The second-order valence-electron chi connectivity index (χ2n) is 6.13. The van der Waals surface area contributed by atoms with Crippen LogP contribution < -0.4 is 5.32 Å². The van der Waals surface area contributed by atoms with E-state index in [0.29, 0.717) is 11.6 Å². The Morgan fingerprint density at radius 1 is 1.35 bits per heavy atom. The topological polar surface area (TPSA) is 60.1 Å². The molecule has 118 valence electrons. The maximum absolute atomic E-state index is 12.3. The summed E-state index contributed by atoms with van der Waals surface area (Å²) < 4.78 is 7.46. The largest absolute Gasteiger partial charge is 0.360 e. The molecule has 0 radical (unpaired) electrons. The quantitative estimate of drug-likeness (QED) is 0.769. The smallest absolute Gasteiger partial charge is 0.277 e. The maximum Gasteiger partial charge on any atom is 0.277 e. The van der Waals surface area contributed by atoms with E-state index >= 15 is 0 Å². The minimum atomic E-state index is -0.229. The summed E-state index contributed by atoms with van der Waals surface area (Å²) in [6, 6.07) is 9.78. The van der Waals surface area contributed by atoms with Crippen molar-refractivity contribution in [1.82, 2.24) is 9.72 Å². The molecule has 4 rings (SSSR count). The molecule has 0 bridgehead atoms. The van der Waals surface area contributed by atoms with Crippen LogP contribution in [0.25, 0.3) is 10.9 Å². The molecule has 1 aromatic carbocycles. The number of amides is 1. The fraction of sp³-hybridized carbons (Fsp3) is 0.333. The second-order valence-corrected chi connectivity index (χ2v) is 6.13. The Labute approximate surface area is 134 Å². The first kappa shape index (κ1) is 14.1. The van der Waals surface area contributed by atoms with E-state index in [-0.39, 0.29) is 5.91 Å². The van der Waals surface area contributed by atoms with Gasteiger partial charge in [-0.1, -0.05) is 12.1 Å². The molecule has 5 heteroatoms. The molecule has 2 aromatic heterocycles. The van der Waals surface area contributed by atoms with Crippen LogP contribution in [0.2, 0.25) is 0 Å². The Kier molecular flexibility index (Phi) is 3.41. The predicted octanol–water partition coefficient (Wildman–Crippen LogP) is 4.17. The first-order chi connectivity index (χ1) is 11.2. The SMILES string of the molecule is CCCn1ccc2cc(NC(=O)c3cc(C4CC4)on3)ccc21. The lowest BCUT2D eigenvalue weighted by Crippen LogP contribution is -2.12.